The van der Waals surface area contributed by atoms with Gasteiger partial charge in [0.15, 0.2) is 5.82 Å². The molecule has 3 heterocycles. The SMILES string of the molecule is CC/C(=C(\c1ccc(O)cc1)c1ccc(OCCCC(O)CN2CCN(c3c(F)cc4c(c3F)CN(C3CCC(=O)NC3=O)C4=O)CC2)cc1)c1ccccc1. The molecule has 0 bridgehead atoms. The summed E-state index contributed by atoms with van der Waals surface area (Å²) >= 11 is 0. The quantitative estimate of drug-likeness (QED) is 0.0844. The average molecular weight is 765 g/mol. The zero-order chi connectivity index (χ0) is 39.3. The van der Waals surface area contributed by atoms with Crippen LogP contribution in [0.3, 0.4) is 0 Å². The molecular formula is C44H46F2N4O6. The Labute approximate surface area is 325 Å². The number of imide groups is 1. The minimum atomic E-state index is -0.916. The van der Waals surface area contributed by atoms with Gasteiger partial charge in [0, 0.05) is 44.7 Å². The van der Waals surface area contributed by atoms with Crippen LogP contribution >= 0.6 is 0 Å². The molecule has 3 amide bonds. The molecule has 0 radical (unpaired) electrons. The fourth-order valence-corrected chi connectivity index (χ4v) is 7.99. The van der Waals surface area contributed by atoms with Gasteiger partial charge in [0.05, 0.1) is 24.8 Å². The second kappa shape index (κ2) is 17.1. The van der Waals surface area contributed by atoms with Crippen LogP contribution in [0.4, 0.5) is 14.5 Å². The number of rotatable bonds is 13. The number of hydrogen-bond acceptors (Lipinski definition) is 8. The first-order chi connectivity index (χ1) is 27.1. The fraction of sp³-hybridized carbons (Fsp3) is 0.341. The van der Waals surface area contributed by atoms with E-state index in [0.717, 1.165) is 40.5 Å². The summed E-state index contributed by atoms with van der Waals surface area (Å²) in [6.07, 6.45) is 1.58. The summed E-state index contributed by atoms with van der Waals surface area (Å²) in [5.74, 6) is -2.37. The van der Waals surface area contributed by atoms with Crippen LogP contribution in [-0.4, -0.2) is 89.2 Å². The van der Waals surface area contributed by atoms with Crippen molar-refractivity contribution in [1.82, 2.24) is 15.1 Å². The number of phenolic OH excluding ortho intramolecular Hbond substituents is 1. The molecule has 3 aliphatic heterocycles. The standard InChI is InChI=1S/C44H46F2N4O6/c1-2-34(28-7-4-3-5-8-28)40(29-10-14-31(51)15-11-29)30-12-16-33(17-13-30)56-24-6-9-32(52)26-48-20-22-49(23-21-48)42-37(45)25-35-36(41(42)46)27-50(44(35)55)38-18-19-39(53)47-43(38)54/h3-5,7-8,10-17,25,32,38,51-52H,2,6,9,18-24,26-27H2,1H3,(H,47,53,54)/b40-34-. The average Bonchev–Trinajstić information content (AvgIpc) is 3.52. The molecule has 2 saturated heterocycles. The van der Waals surface area contributed by atoms with Crippen LogP contribution in [-0.2, 0) is 16.1 Å². The van der Waals surface area contributed by atoms with E-state index in [1.54, 1.807) is 17.0 Å². The number of aliphatic hydroxyl groups excluding tert-OH is 1. The molecule has 0 aliphatic carbocycles. The lowest BCUT2D eigenvalue weighted by Crippen LogP contribution is -2.52. The van der Waals surface area contributed by atoms with E-state index in [2.05, 4.69) is 29.3 Å². The highest BCUT2D eigenvalue weighted by molar-refractivity contribution is 6.05. The summed E-state index contributed by atoms with van der Waals surface area (Å²) in [5, 5.41) is 23.0. The number of carbonyl (C=O) groups is 3. The smallest absolute Gasteiger partial charge is 0.255 e. The molecule has 7 rings (SSSR count). The van der Waals surface area contributed by atoms with E-state index in [0.29, 0.717) is 52.2 Å². The Morgan fingerprint density at radius 2 is 1.59 bits per heavy atom. The molecule has 0 spiro atoms. The van der Waals surface area contributed by atoms with Crippen molar-refractivity contribution in [3.8, 4) is 11.5 Å². The Bertz CT molecular complexity index is 2100. The van der Waals surface area contributed by atoms with Crippen molar-refractivity contribution in [3.05, 3.63) is 124 Å². The number of ether oxygens (including phenoxy) is 1. The molecule has 2 unspecified atom stereocenters. The van der Waals surface area contributed by atoms with Gasteiger partial charge in [-0.25, -0.2) is 8.78 Å². The van der Waals surface area contributed by atoms with Gasteiger partial charge in [0.25, 0.3) is 5.91 Å². The summed E-state index contributed by atoms with van der Waals surface area (Å²) < 4.78 is 37.3. The minimum absolute atomic E-state index is 0.0523. The Morgan fingerprint density at radius 3 is 2.25 bits per heavy atom. The molecule has 292 valence electrons. The van der Waals surface area contributed by atoms with Crippen LogP contribution in [0.2, 0.25) is 0 Å². The van der Waals surface area contributed by atoms with Gasteiger partial charge in [0.1, 0.15) is 29.0 Å². The van der Waals surface area contributed by atoms with E-state index in [1.807, 2.05) is 54.6 Å². The second-order valence-electron chi connectivity index (χ2n) is 14.5. The number of allylic oxidation sites excluding steroid dienone is 1. The van der Waals surface area contributed by atoms with Gasteiger partial charge in [-0.05, 0) is 83.9 Å². The van der Waals surface area contributed by atoms with Crippen molar-refractivity contribution in [3.63, 3.8) is 0 Å². The number of piperidine rings is 1. The zero-order valence-electron chi connectivity index (χ0n) is 31.3. The molecular weight excluding hydrogens is 719 g/mol. The maximum atomic E-state index is 15.9. The highest BCUT2D eigenvalue weighted by Gasteiger charge is 2.42. The summed E-state index contributed by atoms with van der Waals surface area (Å²) in [6.45, 7) is 4.45. The number of amides is 3. The third-order valence-corrected chi connectivity index (χ3v) is 10.9. The molecule has 4 aromatic rings. The molecule has 10 nitrogen and oxygen atoms in total. The number of carbonyl (C=O) groups excluding carboxylic acids is 3. The Morgan fingerprint density at radius 1 is 0.911 bits per heavy atom. The number of aromatic hydroxyl groups is 1. The van der Waals surface area contributed by atoms with Crippen molar-refractivity contribution in [2.75, 3.05) is 44.2 Å². The van der Waals surface area contributed by atoms with Crippen LogP contribution in [0, 0.1) is 11.6 Å². The van der Waals surface area contributed by atoms with Crippen LogP contribution in [0.15, 0.2) is 84.9 Å². The van der Waals surface area contributed by atoms with Gasteiger partial charge < -0.3 is 24.7 Å². The van der Waals surface area contributed by atoms with E-state index in [9.17, 15) is 24.6 Å². The molecule has 56 heavy (non-hydrogen) atoms. The van der Waals surface area contributed by atoms with E-state index in [-0.39, 0.29) is 42.0 Å². The molecule has 0 saturated carbocycles. The van der Waals surface area contributed by atoms with Gasteiger partial charge in [-0.2, -0.15) is 0 Å². The maximum Gasteiger partial charge on any atom is 0.255 e. The number of fused-ring (bicyclic) bond motifs is 1. The second-order valence-corrected chi connectivity index (χ2v) is 14.5. The predicted octanol–water partition coefficient (Wildman–Crippen LogP) is 6.14. The van der Waals surface area contributed by atoms with Crippen LogP contribution in [0.5, 0.6) is 11.5 Å². The lowest BCUT2D eigenvalue weighted by Gasteiger charge is -2.37. The Balaban J connectivity index is 0.896. The molecule has 3 aliphatic rings. The first kappa shape index (κ1) is 38.7. The highest BCUT2D eigenvalue weighted by atomic mass is 19.1. The molecule has 0 aromatic heterocycles. The first-order valence-corrected chi connectivity index (χ1v) is 19.2. The Hall–Kier alpha value is -5.59. The molecule has 3 N–H and O–H groups in total. The molecule has 2 atom stereocenters. The van der Waals surface area contributed by atoms with Gasteiger partial charge in [-0.1, -0.05) is 61.5 Å². The number of phenols is 1. The highest BCUT2D eigenvalue weighted by Crippen LogP contribution is 2.37. The van der Waals surface area contributed by atoms with Crippen molar-refractivity contribution in [2.24, 2.45) is 0 Å². The lowest BCUT2D eigenvalue weighted by atomic mass is 9.88. The normalized spacial score (nSPS) is 18.4. The van der Waals surface area contributed by atoms with E-state index >= 15 is 8.78 Å². The third kappa shape index (κ3) is 8.31. The van der Waals surface area contributed by atoms with Gasteiger partial charge >= 0.3 is 0 Å². The van der Waals surface area contributed by atoms with E-state index in [1.165, 1.54) is 10.5 Å². The lowest BCUT2D eigenvalue weighted by molar-refractivity contribution is -0.136. The maximum absolute atomic E-state index is 15.9. The summed E-state index contributed by atoms with van der Waals surface area (Å²) in [4.78, 5) is 41.9. The number of β-amino-alcohol motifs (C(OH)–C–C–N with tert-alkyl or cyclic N) is 1. The van der Waals surface area contributed by atoms with Crippen molar-refractivity contribution >= 4 is 34.6 Å². The number of hydrogen-bond donors (Lipinski definition) is 3. The first-order valence-electron chi connectivity index (χ1n) is 19.2. The predicted molar refractivity (Wildman–Crippen MR) is 209 cm³/mol. The summed E-state index contributed by atoms with van der Waals surface area (Å²) in [5.41, 5.74) is 5.23. The number of piperazine rings is 1. The number of benzene rings is 4. The largest absolute Gasteiger partial charge is 0.508 e. The topological polar surface area (TPSA) is 123 Å². The molecule has 2 fully saturated rings. The van der Waals surface area contributed by atoms with Gasteiger partial charge in [-0.3, -0.25) is 24.6 Å². The molecule has 12 heteroatoms. The third-order valence-electron chi connectivity index (χ3n) is 10.9. The van der Waals surface area contributed by atoms with Gasteiger partial charge in [-0.15, -0.1) is 0 Å². The number of anilines is 1. The fourth-order valence-electron chi connectivity index (χ4n) is 7.99. The molecule has 4 aromatic carbocycles. The van der Waals surface area contributed by atoms with Crippen LogP contribution in [0.1, 0.15) is 71.6 Å². The minimum Gasteiger partial charge on any atom is -0.508 e. The monoisotopic (exact) mass is 764 g/mol. The van der Waals surface area contributed by atoms with Crippen molar-refractivity contribution < 1.29 is 38.1 Å². The van der Waals surface area contributed by atoms with Crippen LogP contribution < -0.4 is 15.0 Å². The number of aliphatic hydroxyl groups is 1. The van der Waals surface area contributed by atoms with Gasteiger partial charge in [0.2, 0.25) is 11.8 Å². The number of nitrogens with one attached hydrogen (secondary N) is 1. The van der Waals surface area contributed by atoms with Crippen molar-refractivity contribution in [1.29, 1.82) is 0 Å². The summed E-state index contributed by atoms with van der Waals surface area (Å²) in [6, 6.07) is 25.6. The Kier molecular flexibility index (Phi) is 11.8. The van der Waals surface area contributed by atoms with Crippen LogP contribution in [0.25, 0.3) is 11.1 Å². The zero-order valence-corrected chi connectivity index (χ0v) is 31.3. The van der Waals surface area contributed by atoms with E-state index in [4.69, 9.17) is 4.74 Å². The summed E-state index contributed by atoms with van der Waals surface area (Å²) in [7, 11) is 0. The number of nitrogens with zero attached hydrogens (tertiary/aromatic N) is 3. The van der Waals surface area contributed by atoms with E-state index < -0.39 is 41.5 Å². The number of halogens is 2. The van der Waals surface area contributed by atoms with Crippen molar-refractivity contribution in [2.45, 2.75) is 57.7 Å².